The van der Waals surface area contributed by atoms with E-state index >= 15 is 0 Å². The molecule has 0 spiro atoms. The van der Waals surface area contributed by atoms with Crippen LogP contribution in [0.4, 0.5) is 0 Å². The maximum atomic E-state index is 3.45. The fourth-order valence-corrected chi connectivity index (χ4v) is 3.04. The first kappa shape index (κ1) is 12.0. The zero-order valence-corrected chi connectivity index (χ0v) is 10.3. The molecular weight excluding hydrogens is 170 g/mol. The molecule has 0 aromatic rings. The Morgan fingerprint density at radius 3 is 2.29 bits per heavy atom. The average molecular weight is 197 g/mol. The van der Waals surface area contributed by atoms with Crippen LogP contribution in [0.5, 0.6) is 0 Å². The quantitative estimate of drug-likeness (QED) is 0.712. The summed E-state index contributed by atoms with van der Waals surface area (Å²) in [5.41, 5.74) is 0. The van der Waals surface area contributed by atoms with Gasteiger partial charge >= 0.3 is 0 Å². The number of nitrogens with one attached hydrogen (secondary N) is 1. The van der Waals surface area contributed by atoms with E-state index in [0.717, 1.165) is 23.8 Å². The van der Waals surface area contributed by atoms with Gasteiger partial charge < -0.3 is 5.32 Å². The lowest BCUT2D eigenvalue weighted by Gasteiger charge is -2.23. The van der Waals surface area contributed by atoms with Crippen LogP contribution in [0.15, 0.2) is 0 Å². The van der Waals surface area contributed by atoms with Crippen molar-refractivity contribution in [2.45, 2.75) is 58.9 Å². The maximum absolute atomic E-state index is 3.45. The molecule has 1 saturated carbocycles. The normalized spacial score (nSPS) is 32.8. The zero-order chi connectivity index (χ0) is 10.6. The molecule has 1 nitrogen and oxygen atoms in total. The summed E-state index contributed by atoms with van der Waals surface area (Å²) in [7, 11) is 2.11. The Morgan fingerprint density at radius 2 is 1.86 bits per heavy atom. The average Bonchev–Trinajstić information content (AvgIpc) is 2.56. The molecule has 0 bridgehead atoms. The van der Waals surface area contributed by atoms with Gasteiger partial charge in [-0.05, 0) is 44.1 Å². The van der Waals surface area contributed by atoms with Crippen LogP contribution in [-0.4, -0.2) is 13.1 Å². The first-order valence-electron chi connectivity index (χ1n) is 6.40. The minimum Gasteiger partial charge on any atom is -0.317 e. The topological polar surface area (TPSA) is 12.0 Å². The standard InChI is InChI=1S/C13H27N/c1-5-11(6-2)9-12-7-8-13(14-4)10(12)3/h10-14H,5-9H2,1-4H3. The Labute approximate surface area is 89.7 Å². The molecule has 0 aromatic carbocycles. The molecule has 0 heterocycles. The third-order valence-corrected chi connectivity index (χ3v) is 4.39. The van der Waals surface area contributed by atoms with Crippen molar-refractivity contribution in [2.24, 2.45) is 17.8 Å². The van der Waals surface area contributed by atoms with E-state index in [1.54, 1.807) is 0 Å². The van der Waals surface area contributed by atoms with Gasteiger partial charge in [-0.15, -0.1) is 0 Å². The number of rotatable bonds is 5. The van der Waals surface area contributed by atoms with Crippen molar-refractivity contribution in [3.63, 3.8) is 0 Å². The van der Waals surface area contributed by atoms with E-state index in [1.165, 1.54) is 32.1 Å². The Kier molecular flexibility index (Phi) is 4.94. The van der Waals surface area contributed by atoms with Crippen LogP contribution in [0.25, 0.3) is 0 Å². The summed E-state index contributed by atoms with van der Waals surface area (Å²) in [6, 6.07) is 0.786. The third kappa shape index (κ3) is 2.73. The van der Waals surface area contributed by atoms with Gasteiger partial charge in [-0.2, -0.15) is 0 Å². The van der Waals surface area contributed by atoms with E-state index < -0.39 is 0 Å². The van der Waals surface area contributed by atoms with Crippen LogP contribution in [0, 0.1) is 17.8 Å². The molecule has 1 rings (SSSR count). The summed E-state index contributed by atoms with van der Waals surface area (Å²) in [4.78, 5) is 0. The van der Waals surface area contributed by atoms with Crippen molar-refractivity contribution >= 4 is 0 Å². The van der Waals surface area contributed by atoms with Crippen LogP contribution in [-0.2, 0) is 0 Å². The molecule has 3 atom stereocenters. The van der Waals surface area contributed by atoms with Gasteiger partial charge in [0.05, 0.1) is 0 Å². The van der Waals surface area contributed by atoms with Crippen molar-refractivity contribution in [1.82, 2.24) is 5.32 Å². The predicted octanol–water partition coefficient (Wildman–Crippen LogP) is 3.45. The van der Waals surface area contributed by atoms with E-state index in [4.69, 9.17) is 0 Å². The fourth-order valence-electron chi connectivity index (χ4n) is 3.04. The zero-order valence-electron chi connectivity index (χ0n) is 10.3. The molecule has 0 saturated heterocycles. The molecule has 0 aromatic heterocycles. The van der Waals surface area contributed by atoms with Crippen molar-refractivity contribution in [1.29, 1.82) is 0 Å². The highest BCUT2D eigenvalue weighted by atomic mass is 14.9. The van der Waals surface area contributed by atoms with Gasteiger partial charge in [0.1, 0.15) is 0 Å². The summed E-state index contributed by atoms with van der Waals surface area (Å²) in [6.07, 6.45) is 7.03. The van der Waals surface area contributed by atoms with Crippen LogP contribution < -0.4 is 5.32 Å². The highest BCUT2D eigenvalue weighted by Crippen LogP contribution is 2.37. The van der Waals surface area contributed by atoms with Crippen LogP contribution in [0.2, 0.25) is 0 Å². The summed E-state index contributed by atoms with van der Waals surface area (Å²) >= 11 is 0. The molecule has 0 radical (unpaired) electrons. The van der Waals surface area contributed by atoms with E-state index in [9.17, 15) is 0 Å². The minimum atomic E-state index is 0.786. The van der Waals surface area contributed by atoms with E-state index in [0.29, 0.717) is 0 Å². The molecule has 14 heavy (non-hydrogen) atoms. The Morgan fingerprint density at radius 1 is 1.21 bits per heavy atom. The molecule has 84 valence electrons. The molecule has 0 aliphatic heterocycles. The largest absolute Gasteiger partial charge is 0.317 e. The molecule has 0 amide bonds. The van der Waals surface area contributed by atoms with E-state index in [1.807, 2.05) is 0 Å². The highest BCUT2D eigenvalue weighted by molar-refractivity contribution is 4.86. The van der Waals surface area contributed by atoms with Gasteiger partial charge in [-0.25, -0.2) is 0 Å². The number of hydrogen-bond donors (Lipinski definition) is 1. The Balaban J connectivity index is 2.38. The summed E-state index contributed by atoms with van der Waals surface area (Å²) < 4.78 is 0. The predicted molar refractivity (Wildman–Crippen MR) is 63.4 cm³/mol. The minimum absolute atomic E-state index is 0.786. The summed E-state index contributed by atoms with van der Waals surface area (Å²) in [5, 5.41) is 3.45. The van der Waals surface area contributed by atoms with Gasteiger partial charge in [0, 0.05) is 6.04 Å². The lowest BCUT2D eigenvalue weighted by atomic mass is 9.84. The van der Waals surface area contributed by atoms with E-state index in [-0.39, 0.29) is 0 Å². The molecule has 1 aliphatic rings. The second-order valence-corrected chi connectivity index (χ2v) is 5.01. The SMILES string of the molecule is CCC(CC)CC1CCC(NC)C1C. The second kappa shape index (κ2) is 5.75. The lowest BCUT2D eigenvalue weighted by Crippen LogP contribution is -2.29. The molecule has 1 aliphatic carbocycles. The van der Waals surface area contributed by atoms with Crippen LogP contribution in [0.1, 0.15) is 52.9 Å². The van der Waals surface area contributed by atoms with Crippen molar-refractivity contribution in [3.8, 4) is 0 Å². The lowest BCUT2D eigenvalue weighted by molar-refractivity contribution is 0.287. The summed E-state index contributed by atoms with van der Waals surface area (Å²) in [6.45, 7) is 7.11. The first-order chi connectivity index (χ1) is 6.72. The van der Waals surface area contributed by atoms with Crippen molar-refractivity contribution in [2.75, 3.05) is 7.05 Å². The monoisotopic (exact) mass is 197 g/mol. The maximum Gasteiger partial charge on any atom is 0.00924 e. The molecule has 1 fully saturated rings. The highest BCUT2D eigenvalue weighted by Gasteiger charge is 2.32. The molecule has 3 unspecified atom stereocenters. The van der Waals surface area contributed by atoms with Crippen molar-refractivity contribution in [3.05, 3.63) is 0 Å². The van der Waals surface area contributed by atoms with Gasteiger partial charge in [-0.1, -0.05) is 33.6 Å². The number of hydrogen-bond acceptors (Lipinski definition) is 1. The van der Waals surface area contributed by atoms with Crippen molar-refractivity contribution < 1.29 is 0 Å². The second-order valence-electron chi connectivity index (χ2n) is 5.01. The Hall–Kier alpha value is -0.0400. The Bertz CT molecular complexity index is 151. The first-order valence-corrected chi connectivity index (χ1v) is 6.40. The van der Waals surface area contributed by atoms with Gasteiger partial charge in [-0.3, -0.25) is 0 Å². The molecule has 1 N–H and O–H groups in total. The van der Waals surface area contributed by atoms with Gasteiger partial charge in [0.2, 0.25) is 0 Å². The van der Waals surface area contributed by atoms with Gasteiger partial charge in [0.25, 0.3) is 0 Å². The fraction of sp³-hybridized carbons (Fsp3) is 1.00. The van der Waals surface area contributed by atoms with Gasteiger partial charge in [0.15, 0.2) is 0 Å². The summed E-state index contributed by atoms with van der Waals surface area (Å²) in [5.74, 6) is 2.84. The van der Waals surface area contributed by atoms with E-state index in [2.05, 4.69) is 33.1 Å². The third-order valence-electron chi connectivity index (χ3n) is 4.39. The smallest absolute Gasteiger partial charge is 0.00924 e. The molecule has 1 heteroatoms. The van der Waals surface area contributed by atoms with Crippen LogP contribution in [0.3, 0.4) is 0 Å². The van der Waals surface area contributed by atoms with Crippen LogP contribution >= 0.6 is 0 Å². The molecular formula is C13H27N.